The van der Waals surface area contributed by atoms with Gasteiger partial charge in [-0.25, -0.2) is 0 Å². The Morgan fingerprint density at radius 3 is 2.12 bits per heavy atom. The lowest BCUT2D eigenvalue weighted by molar-refractivity contribution is -0.258. The number of aromatic nitrogens is 1. The first-order valence-electron chi connectivity index (χ1n) is 11.4. The van der Waals surface area contributed by atoms with Crippen molar-refractivity contribution in [3.8, 4) is 0 Å². The minimum Gasteiger partial charge on any atom is -0.376 e. The first-order valence-corrected chi connectivity index (χ1v) is 11.4. The summed E-state index contributed by atoms with van der Waals surface area (Å²) in [4.78, 5) is 31.8. The molecule has 182 valence electrons. The van der Waals surface area contributed by atoms with Crippen LogP contribution in [0.3, 0.4) is 0 Å². The number of rotatable bonds is 6. The molecular formula is C25H28F3N3O3. The summed E-state index contributed by atoms with van der Waals surface area (Å²) in [5.74, 6) is -0.658. The molecule has 1 aromatic heterocycles. The summed E-state index contributed by atoms with van der Waals surface area (Å²) in [5, 5.41) is 9.89. The maximum atomic E-state index is 13.4. The van der Waals surface area contributed by atoms with Crippen molar-refractivity contribution in [3.63, 3.8) is 0 Å². The van der Waals surface area contributed by atoms with Crippen LogP contribution in [0.5, 0.6) is 0 Å². The van der Waals surface area contributed by atoms with E-state index >= 15 is 0 Å². The van der Waals surface area contributed by atoms with E-state index < -0.39 is 23.1 Å². The molecule has 2 aliphatic carbocycles. The van der Waals surface area contributed by atoms with Crippen LogP contribution in [0, 0.1) is 0 Å². The van der Waals surface area contributed by atoms with Gasteiger partial charge in [0, 0.05) is 30.0 Å². The third-order valence-electron chi connectivity index (χ3n) is 7.31. The number of hydrogen-bond donors (Lipinski definition) is 2. The number of alkyl halides is 3. The largest absolute Gasteiger partial charge is 0.421 e. The zero-order valence-corrected chi connectivity index (χ0v) is 18.9. The topological polar surface area (TPSA) is 96.5 Å². The van der Waals surface area contributed by atoms with Crippen LogP contribution in [0.4, 0.5) is 13.2 Å². The minimum absolute atomic E-state index is 0.0786. The Morgan fingerprint density at radius 1 is 1.06 bits per heavy atom. The minimum atomic E-state index is -4.83. The van der Waals surface area contributed by atoms with Crippen LogP contribution in [0.15, 0.2) is 48.8 Å². The summed E-state index contributed by atoms with van der Waals surface area (Å²) >= 11 is 0. The van der Waals surface area contributed by atoms with E-state index in [9.17, 15) is 27.9 Å². The van der Waals surface area contributed by atoms with Crippen molar-refractivity contribution in [2.75, 3.05) is 0 Å². The van der Waals surface area contributed by atoms with E-state index in [2.05, 4.69) is 4.98 Å². The second-order valence-electron chi connectivity index (χ2n) is 9.51. The van der Waals surface area contributed by atoms with Gasteiger partial charge in [-0.1, -0.05) is 18.2 Å². The monoisotopic (exact) mass is 475 g/mol. The molecule has 2 saturated carbocycles. The molecule has 0 aliphatic heterocycles. The molecule has 9 heteroatoms. The Hall–Kier alpha value is -2.94. The first kappa shape index (κ1) is 24.2. The summed E-state index contributed by atoms with van der Waals surface area (Å²) in [7, 11) is 0. The summed E-state index contributed by atoms with van der Waals surface area (Å²) in [6.07, 6.45) is 2.34. The highest BCUT2D eigenvalue weighted by molar-refractivity contribution is 5.95. The molecular weight excluding hydrogens is 447 g/mol. The molecule has 0 saturated heterocycles. The highest BCUT2D eigenvalue weighted by Gasteiger charge is 2.51. The van der Waals surface area contributed by atoms with Gasteiger partial charge in [0.1, 0.15) is 0 Å². The Bertz CT molecular complexity index is 1040. The van der Waals surface area contributed by atoms with Gasteiger partial charge in [-0.05, 0) is 74.8 Å². The van der Waals surface area contributed by atoms with Crippen LogP contribution < -0.4 is 5.73 Å². The van der Waals surface area contributed by atoms with Crippen molar-refractivity contribution in [1.82, 2.24) is 9.88 Å². The van der Waals surface area contributed by atoms with E-state index in [0.717, 1.165) is 30.5 Å². The van der Waals surface area contributed by atoms with Gasteiger partial charge >= 0.3 is 6.18 Å². The molecule has 4 rings (SSSR count). The molecule has 0 radical (unpaired) electrons. The van der Waals surface area contributed by atoms with E-state index in [4.69, 9.17) is 5.73 Å². The standard InChI is InChI=1S/C25H28F3N3O3/c1-23(34,25(26,27)28)17-6-4-16(5-7-17)21(32)31(19-8-9-19)20-10-12-24(13-11-20,22(29)33)18-3-2-14-30-15-18/h2-7,14-15,19-20,34H,8-13H2,1H3,(H2,29,33)/t20?,23-,24?/m0/s1. The average Bonchev–Trinajstić information content (AvgIpc) is 3.64. The smallest absolute Gasteiger partial charge is 0.376 e. The molecule has 0 bridgehead atoms. The van der Waals surface area contributed by atoms with Crippen LogP contribution in [0.2, 0.25) is 0 Å². The number of aliphatic hydroxyl groups is 1. The molecule has 0 unspecified atom stereocenters. The van der Waals surface area contributed by atoms with Gasteiger partial charge in [-0.3, -0.25) is 14.6 Å². The van der Waals surface area contributed by atoms with Crippen LogP contribution in [-0.4, -0.2) is 45.1 Å². The van der Waals surface area contributed by atoms with Gasteiger partial charge in [0.2, 0.25) is 5.91 Å². The van der Waals surface area contributed by atoms with Crippen molar-refractivity contribution in [2.24, 2.45) is 5.73 Å². The Kier molecular flexibility index (Phi) is 6.18. The van der Waals surface area contributed by atoms with Gasteiger partial charge in [0.15, 0.2) is 5.60 Å². The number of nitrogens with zero attached hydrogens (tertiary/aromatic N) is 2. The molecule has 2 aromatic rings. The molecule has 1 heterocycles. The SMILES string of the molecule is C[C@](O)(c1ccc(C(=O)N(C2CC2)C2CCC(C(N)=O)(c3cccnc3)CC2)cc1)C(F)(F)F. The van der Waals surface area contributed by atoms with Crippen molar-refractivity contribution < 1.29 is 27.9 Å². The molecule has 2 amide bonds. The van der Waals surface area contributed by atoms with Crippen LogP contribution >= 0.6 is 0 Å². The van der Waals surface area contributed by atoms with Crippen molar-refractivity contribution >= 4 is 11.8 Å². The highest BCUT2D eigenvalue weighted by Crippen LogP contribution is 2.43. The Balaban J connectivity index is 1.53. The number of amides is 2. The molecule has 2 aliphatic rings. The second-order valence-corrected chi connectivity index (χ2v) is 9.51. The van der Waals surface area contributed by atoms with Gasteiger partial charge in [0.05, 0.1) is 5.41 Å². The number of carbonyl (C=O) groups excluding carboxylic acids is 2. The summed E-state index contributed by atoms with van der Waals surface area (Å²) in [6.45, 7) is 0.690. The normalized spacial score (nSPS) is 24.8. The fourth-order valence-electron chi connectivity index (χ4n) is 4.93. The van der Waals surface area contributed by atoms with Crippen LogP contribution in [0.25, 0.3) is 0 Å². The Labute approximate surface area is 196 Å². The maximum absolute atomic E-state index is 13.4. The van der Waals surface area contributed by atoms with E-state index in [-0.39, 0.29) is 29.1 Å². The number of carbonyl (C=O) groups is 2. The predicted molar refractivity (Wildman–Crippen MR) is 119 cm³/mol. The third-order valence-corrected chi connectivity index (χ3v) is 7.31. The predicted octanol–water partition coefficient (Wildman–Crippen LogP) is 3.82. The van der Waals surface area contributed by atoms with Gasteiger partial charge in [0.25, 0.3) is 5.91 Å². The van der Waals surface area contributed by atoms with E-state index in [1.807, 2.05) is 11.0 Å². The lowest BCUT2D eigenvalue weighted by atomic mass is 9.67. The van der Waals surface area contributed by atoms with Crippen molar-refractivity contribution in [1.29, 1.82) is 0 Å². The molecule has 1 aromatic carbocycles. The molecule has 1 atom stereocenters. The highest BCUT2D eigenvalue weighted by atomic mass is 19.4. The van der Waals surface area contributed by atoms with E-state index in [1.54, 1.807) is 18.5 Å². The van der Waals surface area contributed by atoms with Crippen LogP contribution in [-0.2, 0) is 15.8 Å². The lowest BCUT2D eigenvalue weighted by Gasteiger charge is -2.42. The number of benzene rings is 1. The quantitative estimate of drug-likeness (QED) is 0.664. The zero-order valence-electron chi connectivity index (χ0n) is 18.9. The third kappa shape index (κ3) is 4.29. The number of hydrogen-bond acceptors (Lipinski definition) is 4. The second kappa shape index (κ2) is 8.69. The molecule has 0 spiro atoms. The molecule has 3 N–H and O–H groups in total. The average molecular weight is 476 g/mol. The number of pyridine rings is 1. The fourth-order valence-corrected chi connectivity index (χ4v) is 4.93. The van der Waals surface area contributed by atoms with Gasteiger partial charge in [-0.15, -0.1) is 0 Å². The van der Waals surface area contributed by atoms with Crippen molar-refractivity contribution in [2.45, 2.75) is 74.7 Å². The number of primary amides is 1. The van der Waals surface area contributed by atoms with Gasteiger partial charge < -0.3 is 15.7 Å². The van der Waals surface area contributed by atoms with Crippen molar-refractivity contribution in [3.05, 3.63) is 65.5 Å². The molecule has 34 heavy (non-hydrogen) atoms. The molecule has 2 fully saturated rings. The zero-order chi connectivity index (χ0) is 24.7. The lowest BCUT2D eigenvalue weighted by Crippen LogP contribution is -2.50. The van der Waals surface area contributed by atoms with E-state index in [1.165, 1.54) is 12.1 Å². The summed E-state index contributed by atoms with van der Waals surface area (Å²) in [5.41, 5.74) is 2.71. The summed E-state index contributed by atoms with van der Waals surface area (Å²) in [6, 6.07) is 8.56. The summed E-state index contributed by atoms with van der Waals surface area (Å²) < 4.78 is 39.4. The van der Waals surface area contributed by atoms with Crippen LogP contribution in [0.1, 0.15) is 66.9 Å². The molecule has 6 nitrogen and oxygen atoms in total. The fraction of sp³-hybridized carbons (Fsp3) is 0.480. The van der Waals surface area contributed by atoms with E-state index in [0.29, 0.717) is 32.6 Å². The number of nitrogens with two attached hydrogens (primary N) is 1. The first-order chi connectivity index (χ1) is 16.0. The maximum Gasteiger partial charge on any atom is 0.421 e. The number of halogens is 3. The Morgan fingerprint density at radius 2 is 1.65 bits per heavy atom. The van der Waals surface area contributed by atoms with Gasteiger partial charge in [-0.2, -0.15) is 13.2 Å².